The maximum atomic E-state index is 12.5. The van der Waals surface area contributed by atoms with E-state index in [1.165, 1.54) is 5.56 Å². The van der Waals surface area contributed by atoms with Gasteiger partial charge in [0.05, 0.1) is 17.5 Å². The minimum absolute atomic E-state index is 0.0163. The fraction of sp³-hybridized carbons (Fsp3) is 0.222. The summed E-state index contributed by atoms with van der Waals surface area (Å²) in [6.45, 7) is 2.69. The summed E-state index contributed by atoms with van der Waals surface area (Å²) < 4.78 is 5.62. The summed E-state index contributed by atoms with van der Waals surface area (Å²) in [5, 5.41) is 3.34. The zero-order chi connectivity index (χ0) is 22.1. The Morgan fingerprint density at radius 3 is 2.39 bits per heavy atom. The highest BCUT2D eigenvalue weighted by Gasteiger charge is 2.15. The van der Waals surface area contributed by atoms with Crippen molar-refractivity contribution in [1.82, 2.24) is 5.32 Å². The molecule has 0 bridgehead atoms. The second-order valence-corrected chi connectivity index (χ2v) is 7.79. The molecule has 31 heavy (non-hydrogen) atoms. The van der Waals surface area contributed by atoms with Gasteiger partial charge < -0.3 is 10.1 Å². The van der Waals surface area contributed by atoms with Crippen molar-refractivity contribution in [3.8, 4) is 16.9 Å². The summed E-state index contributed by atoms with van der Waals surface area (Å²) in [6.07, 6.45) is 5.42. The summed E-state index contributed by atoms with van der Waals surface area (Å²) in [7, 11) is 1.67. The highest BCUT2D eigenvalue weighted by molar-refractivity contribution is 6.32. The number of rotatable bonds is 9. The Hall–Kier alpha value is -3.04. The van der Waals surface area contributed by atoms with E-state index >= 15 is 0 Å². The summed E-state index contributed by atoms with van der Waals surface area (Å²) in [6, 6.07) is 24.3. The molecule has 0 aliphatic rings. The molecule has 1 atom stereocenters. The Labute approximate surface area is 189 Å². The van der Waals surface area contributed by atoms with Crippen LogP contribution in [0.25, 0.3) is 17.2 Å². The first-order valence-corrected chi connectivity index (χ1v) is 10.9. The van der Waals surface area contributed by atoms with Crippen LogP contribution in [0.3, 0.4) is 0 Å². The molecule has 0 radical (unpaired) electrons. The molecule has 4 heteroatoms. The molecule has 3 aromatic rings. The van der Waals surface area contributed by atoms with Crippen LogP contribution >= 0.6 is 11.6 Å². The van der Waals surface area contributed by atoms with Gasteiger partial charge in [0.1, 0.15) is 5.75 Å². The summed E-state index contributed by atoms with van der Waals surface area (Å²) >= 11 is 6.33. The van der Waals surface area contributed by atoms with E-state index in [0.29, 0.717) is 23.8 Å². The number of carbonyl (C=O) groups is 1. The van der Waals surface area contributed by atoms with Crippen molar-refractivity contribution in [2.24, 2.45) is 5.92 Å². The molecule has 0 saturated heterocycles. The maximum absolute atomic E-state index is 12.5. The second kappa shape index (κ2) is 11.4. The topological polar surface area (TPSA) is 38.3 Å². The summed E-state index contributed by atoms with van der Waals surface area (Å²) in [4.78, 5) is 12.5. The molecule has 0 heterocycles. The standard InChI is InChI=1S/C27H28ClNO2/c1-3-17-31-26-16-12-21(19-25(26)28)11-15-24(27(30)29-2)18-20-9-13-23(14-10-20)22-7-5-4-6-8-22/h4-16,19,24H,3,17-18H2,1-2H3,(H,29,30)/b15-11+/t24-/m0/s1. The van der Waals surface area contributed by atoms with Crippen LogP contribution in [-0.2, 0) is 11.2 Å². The number of hydrogen-bond acceptors (Lipinski definition) is 2. The molecule has 0 saturated carbocycles. The second-order valence-electron chi connectivity index (χ2n) is 7.39. The van der Waals surface area contributed by atoms with Gasteiger partial charge in [-0.2, -0.15) is 0 Å². The number of ether oxygens (including phenoxy) is 1. The average molecular weight is 434 g/mol. The molecule has 3 rings (SSSR count). The largest absolute Gasteiger partial charge is 0.492 e. The Kier molecular flexibility index (Phi) is 8.31. The smallest absolute Gasteiger partial charge is 0.227 e. The lowest BCUT2D eigenvalue weighted by Crippen LogP contribution is -2.27. The molecule has 0 spiro atoms. The van der Waals surface area contributed by atoms with Crippen LogP contribution in [0.2, 0.25) is 5.02 Å². The van der Waals surface area contributed by atoms with Gasteiger partial charge in [-0.15, -0.1) is 0 Å². The monoisotopic (exact) mass is 433 g/mol. The van der Waals surface area contributed by atoms with Crippen molar-refractivity contribution in [3.63, 3.8) is 0 Å². The van der Waals surface area contributed by atoms with Gasteiger partial charge in [0.25, 0.3) is 0 Å². The van der Waals surface area contributed by atoms with Crippen LogP contribution in [0.4, 0.5) is 0 Å². The van der Waals surface area contributed by atoms with E-state index in [-0.39, 0.29) is 11.8 Å². The van der Waals surface area contributed by atoms with Gasteiger partial charge in [-0.3, -0.25) is 4.79 Å². The first-order chi connectivity index (χ1) is 15.1. The predicted molar refractivity (Wildman–Crippen MR) is 129 cm³/mol. The van der Waals surface area contributed by atoms with Crippen molar-refractivity contribution >= 4 is 23.6 Å². The van der Waals surface area contributed by atoms with Gasteiger partial charge in [0.15, 0.2) is 0 Å². The molecule has 1 N–H and O–H groups in total. The van der Waals surface area contributed by atoms with E-state index in [1.807, 2.05) is 48.6 Å². The van der Waals surface area contributed by atoms with Gasteiger partial charge in [-0.05, 0) is 47.2 Å². The fourth-order valence-electron chi connectivity index (χ4n) is 3.33. The molecule has 0 unspecified atom stereocenters. The van der Waals surface area contributed by atoms with Gasteiger partial charge in [-0.1, -0.05) is 91.3 Å². The Bertz CT molecular complexity index is 1010. The third-order valence-electron chi connectivity index (χ3n) is 5.04. The molecule has 3 nitrogen and oxygen atoms in total. The molecule has 160 valence electrons. The van der Waals surface area contributed by atoms with Crippen LogP contribution in [0.5, 0.6) is 5.75 Å². The van der Waals surface area contributed by atoms with E-state index in [4.69, 9.17) is 16.3 Å². The zero-order valence-corrected chi connectivity index (χ0v) is 18.7. The van der Waals surface area contributed by atoms with Crippen LogP contribution in [0.1, 0.15) is 24.5 Å². The third-order valence-corrected chi connectivity index (χ3v) is 5.33. The van der Waals surface area contributed by atoms with Gasteiger partial charge >= 0.3 is 0 Å². The quantitative estimate of drug-likeness (QED) is 0.423. The minimum Gasteiger partial charge on any atom is -0.492 e. The molecule has 0 aliphatic carbocycles. The normalized spacial score (nSPS) is 12.0. The lowest BCUT2D eigenvalue weighted by molar-refractivity contribution is -0.123. The summed E-state index contributed by atoms with van der Waals surface area (Å²) in [5.41, 5.74) is 4.39. The molecule has 0 aromatic heterocycles. The molecule has 0 aliphatic heterocycles. The zero-order valence-electron chi connectivity index (χ0n) is 18.0. The number of halogens is 1. The van der Waals surface area contributed by atoms with E-state index in [9.17, 15) is 4.79 Å². The first kappa shape index (κ1) is 22.6. The van der Waals surface area contributed by atoms with Crippen LogP contribution in [-0.4, -0.2) is 19.6 Å². The number of nitrogens with one attached hydrogen (secondary N) is 1. The van der Waals surface area contributed by atoms with Crippen LogP contribution in [0, 0.1) is 5.92 Å². The Morgan fingerprint density at radius 1 is 1.03 bits per heavy atom. The summed E-state index contributed by atoms with van der Waals surface area (Å²) in [5.74, 6) is 0.391. The number of benzene rings is 3. The van der Waals surface area contributed by atoms with Crippen LogP contribution < -0.4 is 10.1 Å². The highest BCUT2D eigenvalue weighted by atomic mass is 35.5. The Balaban J connectivity index is 1.72. The predicted octanol–water partition coefficient (Wildman–Crippen LogP) is 6.41. The number of amides is 1. The maximum Gasteiger partial charge on any atom is 0.227 e. The lowest BCUT2D eigenvalue weighted by atomic mass is 9.95. The first-order valence-electron chi connectivity index (χ1n) is 10.6. The van der Waals surface area contributed by atoms with Crippen LogP contribution in [0.15, 0.2) is 78.9 Å². The lowest BCUT2D eigenvalue weighted by Gasteiger charge is -2.12. The fourth-order valence-corrected chi connectivity index (χ4v) is 3.57. The highest BCUT2D eigenvalue weighted by Crippen LogP contribution is 2.27. The van der Waals surface area contributed by atoms with Gasteiger partial charge in [-0.25, -0.2) is 0 Å². The third kappa shape index (κ3) is 6.47. The molecule has 3 aromatic carbocycles. The van der Waals surface area contributed by atoms with E-state index < -0.39 is 0 Å². The average Bonchev–Trinajstić information content (AvgIpc) is 2.81. The SMILES string of the molecule is CCCOc1ccc(/C=C/[C@@H](Cc2ccc(-c3ccccc3)cc2)C(=O)NC)cc1Cl. The van der Waals surface area contributed by atoms with Crippen molar-refractivity contribution < 1.29 is 9.53 Å². The van der Waals surface area contributed by atoms with E-state index in [1.54, 1.807) is 7.05 Å². The van der Waals surface area contributed by atoms with E-state index in [2.05, 4.69) is 48.6 Å². The molecule has 1 amide bonds. The van der Waals surface area contributed by atoms with E-state index in [0.717, 1.165) is 23.1 Å². The van der Waals surface area contributed by atoms with Gasteiger partial charge in [0.2, 0.25) is 5.91 Å². The van der Waals surface area contributed by atoms with Crippen molar-refractivity contribution in [2.75, 3.05) is 13.7 Å². The Morgan fingerprint density at radius 2 is 1.74 bits per heavy atom. The van der Waals surface area contributed by atoms with Gasteiger partial charge in [0, 0.05) is 7.05 Å². The molecular formula is C27H28ClNO2. The minimum atomic E-state index is -0.276. The van der Waals surface area contributed by atoms with Crippen molar-refractivity contribution in [3.05, 3.63) is 95.0 Å². The number of carbonyl (C=O) groups excluding carboxylic acids is 1. The molecular weight excluding hydrogens is 406 g/mol. The van der Waals surface area contributed by atoms with Crippen molar-refractivity contribution in [1.29, 1.82) is 0 Å². The number of hydrogen-bond donors (Lipinski definition) is 1. The van der Waals surface area contributed by atoms with Crippen molar-refractivity contribution in [2.45, 2.75) is 19.8 Å². The molecule has 0 fully saturated rings.